The number of halogens is 3. The van der Waals surface area contributed by atoms with E-state index in [1.165, 1.54) is 16.4 Å². The molecular formula is C12H15Cl2FN2O2S. The van der Waals surface area contributed by atoms with Gasteiger partial charge in [-0.05, 0) is 26.0 Å². The van der Waals surface area contributed by atoms with Crippen LogP contribution in [-0.4, -0.2) is 37.9 Å². The largest absolute Gasteiger partial charge is 0.311 e. The predicted octanol–water partition coefficient (Wildman–Crippen LogP) is 2.50. The SMILES string of the molecule is CC1NCCN(S(=O)(=O)c2ccc(Cl)c(F)c2Cl)C1C. The van der Waals surface area contributed by atoms with E-state index in [1.54, 1.807) is 6.92 Å². The third-order valence-corrected chi connectivity index (χ3v) is 6.36. The molecule has 1 aliphatic rings. The molecule has 0 aliphatic carbocycles. The molecule has 1 aromatic rings. The molecule has 8 heteroatoms. The fourth-order valence-corrected chi connectivity index (χ4v) is 4.62. The lowest BCUT2D eigenvalue weighted by Crippen LogP contribution is -2.57. The second-order valence-corrected chi connectivity index (χ2v) is 7.42. The Balaban J connectivity index is 2.48. The Labute approximate surface area is 127 Å². The third kappa shape index (κ3) is 2.67. The van der Waals surface area contributed by atoms with Crippen LogP contribution in [0.2, 0.25) is 10.0 Å². The highest BCUT2D eigenvalue weighted by atomic mass is 35.5. The summed E-state index contributed by atoms with van der Waals surface area (Å²) in [6.45, 7) is 4.55. The maximum absolute atomic E-state index is 13.7. The Hall–Kier alpha value is -0.400. The zero-order valence-corrected chi connectivity index (χ0v) is 13.4. The monoisotopic (exact) mass is 340 g/mol. The van der Waals surface area contributed by atoms with Crippen LogP contribution in [0.1, 0.15) is 13.8 Å². The van der Waals surface area contributed by atoms with Gasteiger partial charge in [0.2, 0.25) is 10.0 Å². The number of piperazine rings is 1. The molecule has 0 bridgehead atoms. The summed E-state index contributed by atoms with van der Waals surface area (Å²) in [6.07, 6.45) is 0. The lowest BCUT2D eigenvalue weighted by Gasteiger charge is -2.37. The summed E-state index contributed by atoms with van der Waals surface area (Å²) < 4.78 is 40.3. The van der Waals surface area contributed by atoms with Gasteiger partial charge in [-0.15, -0.1) is 0 Å². The smallest absolute Gasteiger partial charge is 0.245 e. The molecule has 1 heterocycles. The molecule has 1 aromatic carbocycles. The van der Waals surface area contributed by atoms with Crippen molar-refractivity contribution >= 4 is 33.2 Å². The molecule has 0 spiro atoms. The second-order valence-electron chi connectivity index (χ2n) is 4.77. The van der Waals surface area contributed by atoms with E-state index in [9.17, 15) is 12.8 Å². The minimum Gasteiger partial charge on any atom is -0.311 e. The van der Waals surface area contributed by atoms with Crippen LogP contribution in [0.3, 0.4) is 0 Å². The first kappa shape index (κ1) is 16.0. The van der Waals surface area contributed by atoms with Crippen LogP contribution >= 0.6 is 23.2 Å². The van der Waals surface area contributed by atoms with Crippen LogP contribution in [0.5, 0.6) is 0 Å². The van der Waals surface area contributed by atoms with Crippen LogP contribution in [0.25, 0.3) is 0 Å². The van der Waals surface area contributed by atoms with Gasteiger partial charge in [-0.25, -0.2) is 12.8 Å². The van der Waals surface area contributed by atoms with E-state index in [-0.39, 0.29) is 22.0 Å². The summed E-state index contributed by atoms with van der Waals surface area (Å²) in [5.41, 5.74) is 0. The normalized spacial score (nSPS) is 24.9. The van der Waals surface area contributed by atoms with Gasteiger partial charge in [0.1, 0.15) is 4.90 Å². The standard InChI is InChI=1S/C12H15Cl2FN2O2S/c1-7-8(2)17(6-5-16-7)20(18,19)10-4-3-9(13)12(15)11(10)14/h3-4,7-8,16H,5-6H2,1-2H3. The van der Waals surface area contributed by atoms with Gasteiger partial charge in [-0.1, -0.05) is 23.2 Å². The highest BCUT2D eigenvalue weighted by Crippen LogP contribution is 2.32. The summed E-state index contributed by atoms with van der Waals surface area (Å²) in [6, 6.07) is 2.20. The van der Waals surface area contributed by atoms with Gasteiger partial charge in [0, 0.05) is 25.2 Å². The minimum atomic E-state index is -3.85. The quantitative estimate of drug-likeness (QED) is 0.841. The van der Waals surface area contributed by atoms with E-state index in [4.69, 9.17) is 23.2 Å². The molecule has 0 amide bonds. The van der Waals surface area contributed by atoms with Crippen molar-refractivity contribution < 1.29 is 12.8 Å². The van der Waals surface area contributed by atoms with Crippen molar-refractivity contribution in [3.05, 3.63) is 28.0 Å². The Morgan fingerprint density at radius 2 is 2.00 bits per heavy atom. The van der Waals surface area contributed by atoms with Gasteiger partial charge in [0.15, 0.2) is 5.82 Å². The fourth-order valence-electron chi connectivity index (χ4n) is 2.20. The highest BCUT2D eigenvalue weighted by Gasteiger charge is 2.36. The number of hydrogen-bond acceptors (Lipinski definition) is 3. The van der Waals surface area contributed by atoms with Gasteiger partial charge in [0.25, 0.3) is 0 Å². The van der Waals surface area contributed by atoms with Crippen LogP contribution in [0.15, 0.2) is 17.0 Å². The van der Waals surface area contributed by atoms with E-state index in [2.05, 4.69) is 5.32 Å². The molecule has 1 saturated heterocycles. The van der Waals surface area contributed by atoms with Crippen molar-refractivity contribution in [1.29, 1.82) is 0 Å². The average Bonchev–Trinajstić information content (AvgIpc) is 2.38. The summed E-state index contributed by atoms with van der Waals surface area (Å²) in [7, 11) is -3.85. The lowest BCUT2D eigenvalue weighted by atomic mass is 10.1. The molecular weight excluding hydrogens is 326 g/mol. The second kappa shape index (κ2) is 5.77. The van der Waals surface area contributed by atoms with Gasteiger partial charge < -0.3 is 5.32 Å². The first-order valence-electron chi connectivity index (χ1n) is 6.15. The molecule has 1 N–H and O–H groups in total. The van der Waals surface area contributed by atoms with Gasteiger partial charge in [0.05, 0.1) is 10.0 Å². The van der Waals surface area contributed by atoms with Crippen molar-refractivity contribution in [2.75, 3.05) is 13.1 Å². The Morgan fingerprint density at radius 1 is 1.35 bits per heavy atom. The predicted molar refractivity (Wildman–Crippen MR) is 77.2 cm³/mol. The lowest BCUT2D eigenvalue weighted by molar-refractivity contribution is 0.233. The third-order valence-electron chi connectivity index (χ3n) is 3.56. The molecule has 4 nitrogen and oxygen atoms in total. The highest BCUT2D eigenvalue weighted by molar-refractivity contribution is 7.89. The number of rotatable bonds is 2. The molecule has 0 radical (unpaired) electrons. The van der Waals surface area contributed by atoms with E-state index in [0.29, 0.717) is 13.1 Å². The van der Waals surface area contributed by atoms with E-state index < -0.39 is 20.9 Å². The van der Waals surface area contributed by atoms with Crippen LogP contribution in [0.4, 0.5) is 4.39 Å². The minimum absolute atomic E-state index is 0.00875. The van der Waals surface area contributed by atoms with E-state index in [1.807, 2.05) is 6.92 Å². The van der Waals surface area contributed by atoms with Crippen molar-refractivity contribution in [3.63, 3.8) is 0 Å². The van der Waals surface area contributed by atoms with E-state index >= 15 is 0 Å². The zero-order valence-electron chi connectivity index (χ0n) is 11.0. The van der Waals surface area contributed by atoms with Gasteiger partial charge in [-0.3, -0.25) is 0 Å². The van der Waals surface area contributed by atoms with Gasteiger partial charge >= 0.3 is 0 Å². The zero-order chi connectivity index (χ0) is 15.1. The summed E-state index contributed by atoms with van der Waals surface area (Å²) in [5, 5.41) is 2.53. The maximum atomic E-state index is 13.7. The molecule has 20 heavy (non-hydrogen) atoms. The number of hydrogen-bond donors (Lipinski definition) is 1. The van der Waals surface area contributed by atoms with Crippen molar-refractivity contribution in [2.24, 2.45) is 0 Å². The molecule has 0 saturated carbocycles. The van der Waals surface area contributed by atoms with Crippen LogP contribution in [0, 0.1) is 5.82 Å². The topological polar surface area (TPSA) is 49.4 Å². The average molecular weight is 341 g/mol. The van der Waals surface area contributed by atoms with Gasteiger partial charge in [-0.2, -0.15) is 4.31 Å². The van der Waals surface area contributed by atoms with Crippen molar-refractivity contribution in [1.82, 2.24) is 9.62 Å². The Kier molecular flexibility index (Phi) is 4.61. The molecule has 1 aliphatic heterocycles. The van der Waals surface area contributed by atoms with Crippen molar-refractivity contribution in [2.45, 2.75) is 30.8 Å². The van der Waals surface area contributed by atoms with Crippen LogP contribution < -0.4 is 5.32 Å². The Bertz CT molecular complexity index is 624. The Morgan fingerprint density at radius 3 is 2.65 bits per heavy atom. The molecule has 0 aromatic heterocycles. The molecule has 2 atom stereocenters. The molecule has 2 rings (SSSR count). The first-order valence-corrected chi connectivity index (χ1v) is 8.35. The fraction of sp³-hybridized carbons (Fsp3) is 0.500. The summed E-state index contributed by atoms with van der Waals surface area (Å²) in [5.74, 6) is -0.912. The van der Waals surface area contributed by atoms with E-state index in [0.717, 1.165) is 0 Å². The molecule has 2 unspecified atom stereocenters. The first-order chi connectivity index (χ1) is 9.26. The molecule has 1 fully saturated rings. The summed E-state index contributed by atoms with van der Waals surface area (Å²) >= 11 is 11.4. The summed E-state index contributed by atoms with van der Waals surface area (Å²) in [4.78, 5) is -0.248. The molecule has 112 valence electrons. The number of sulfonamides is 1. The maximum Gasteiger partial charge on any atom is 0.245 e. The number of nitrogens with zero attached hydrogens (tertiary/aromatic N) is 1. The number of benzene rings is 1. The number of nitrogens with one attached hydrogen (secondary N) is 1. The van der Waals surface area contributed by atoms with Crippen LogP contribution in [-0.2, 0) is 10.0 Å². The van der Waals surface area contributed by atoms with Crippen molar-refractivity contribution in [3.8, 4) is 0 Å².